The zero-order chi connectivity index (χ0) is 13.7. The molecule has 0 spiro atoms. The molecule has 0 aliphatic rings. The van der Waals surface area contributed by atoms with Gasteiger partial charge in [0.2, 0.25) is 0 Å². The Bertz CT molecular complexity index is 584. The van der Waals surface area contributed by atoms with Crippen molar-refractivity contribution >= 4 is 17.5 Å². The maximum Gasteiger partial charge on any atom is 0.253 e. The van der Waals surface area contributed by atoms with Crippen molar-refractivity contribution in [2.24, 2.45) is 0 Å². The van der Waals surface area contributed by atoms with Crippen molar-refractivity contribution in [3.05, 3.63) is 64.4 Å². The summed E-state index contributed by atoms with van der Waals surface area (Å²) in [4.78, 5) is 15.9. The van der Waals surface area contributed by atoms with Gasteiger partial charge in [-0.25, -0.2) is 0 Å². The monoisotopic (exact) mass is 274 g/mol. The molecule has 19 heavy (non-hydrogen) atoms. The molecule has 0 saturated heterocycles. The first-order valence-electron chi connectivity index (χ1n) is 6.10. The van der Waals surface area contributed by atoms with Gasteiger partial charge in [0.15, 0.2) is 0 Å². The minimum atomic E-state index is -0.0902. The van der Waals surface area contributed by atoms with Crippen molar-refractivity contribution in [2.45, 2.75) is 13.3 Å². The molecule has 0 bridgehead atoms. The third-order valence-electron chi connectivity index (χ3n) is 2.87. The van der Waals surface area contributed by atoms with E-state index in [-0.39, 0.29) is 5.91 Å². The fraction of sp³-hybridized carbons (Fsp3) is 0.200. The molecule has 0 saturated carbocycles. The summed E-state index contributed by atoms with van der Waals surface area (Å²) in [5, 5.41) is 3.60. The van der Waals surface area contributed by atoms with Crippen molar-refractivity contribution in [1.29, 1.82) is 0 Å². The van der Waals surface area contributed by atoms with E-state index in [1.54, 1.807) is 12.4 Å². The lowest BCUT2D eigenvalue weighted by molar-refractivity contribution is 0.0953. The molecule has 0 fully saturated rings. The summed E-state index contributed by atoms with van der Waals surface area (Å²) >= 11 is 5.91. The van der Waals surface area contributed by atoms with E-state index >= 15 is 0 Å². The smallest absolute Gasteiger partial charge is 0.253 e. The number of aryl methyl sites for hydroxylation is 1. The number of rotatable bonds is 4. The van der Waals surface area contributed by atoms with Crippen LogP contribution in [0.1, 0.15) is 21.5 Å². The van der Waals surface area contributed by atoms with E-state index in [1.807, 2.05) is 37.3 Å². The van der Waals surface area contributed by atoms with Crippen LogP contribution in [-0.4, -0.2) is 17.4 Å². The highest BCUT2D eigenvalue weighted by Gasteiger charge is 2.07. The Hall–Kier alpha value is -1.87. The standard InChI is InChI=1S/C15H15ClN2O/c1-11-5-7-17-10-14(11)15(19)18-8-6-12-3-2-4-13(16)9-12/h2-5,7,9-10H,6,8H2,1H3,(H,18,19). The number of benzene rings is 1. The van der Waals surface area contributed by atoms with Gasteiger partial charge in [-0.3, -0.25) is 9.78 Å². The summed E-state index contributed by atoms with van der Waals surface area (Å²) in [6, 6.07) is 9.47. The molecule has 1 amide bonds. The van der Waals surface area contributed by atoms with Crippen molar-refractivity contribution < 1.29 is 4.79 Å². The van der Waals surface area contributed by atoms with Gasteiger partial charge < -0.3 is 5.32 Å². The number of carbonyl (C=O) groups is 1. The second-order valence-electron chi connectivity index (χ2n) is 4.33. The number of hydrogen-bond acceptors (Lipinski definition) is 2. The van der Waals surface area contributed by atoms with Gasteiger partial charge in [0.25, 0.3) is 5.91 Å². The van der Waals surface area contributed by atoms with Crippen LogP contribution in [0, 0.1) is 6.92 Å². The third-order valence-corrected chi connectivity index (χ3v) is 3.11. The molecule has 0 aliphatic carbocycles. The highest BCUT2D eigenvalue weighted by atomic mass is 35.5. The molecule has 1 N–H and O–H groups in total. The highest BCUT2D eigenvalue weighted by molar-refractivity contribution is 6.30. The molecule has 3 nitrogen and oxygen atoms in total. The van der Waals surface area contributed by atoms with Gasteiger partial charge in [0.05, 0.1) is 5.56 Å². The van der Waals surface area contributed by atoms with Gasteiger partial charge in [-0.1, -0.05) is 23.7 Å². The largest absolute Gasteiger partial charge is 0.352 e. The first-order chi connectivity index (χ1) is 9.16. The van der Waals surface area contributed by atoms with E-state index in [4.69, 9.17) is 11.6 Å². The van der Waals surface area contributed by atoms with Gasteiger partial charge in [0.1, 0.15) is 0 Å². The van der Waals surface area contributed by atoms with Crippen molar-refractivity contribution in [2.75, 3.05) is 6.54 Å². The van der Waals surface area contributed by atoms with Crippen LogP contribution in [0.5, 0.6) is 0 Å². The Morgan fingerprint density at radius 3 is 2.95 bits per heavy atom. The highest BCUT2D eigenvalue weighted by Crippen LogP contribution is 2.11. The normalized spacial score (nSPS) is 10.2. The lowest BCUT2D eigenvalue weighted by Gasteiger charge is -2.07. The molecule has 1 aromatic carbocycles. The van der Waals surface area contributed by atoms with Crippen LogP contribution in [0.4, 0.5) is 0 Å². The van der Waals surface area contributed by atoms with Crippen LogP contribution in [0.15, 0.2) is 42.7 Å². The molecule has 1 heterocycles. The molecule has 1 aromatic heterocycles. The number of halogens is 1. The van der Waals surface area contributed by atoms with Crippen molar-refractivity contribution in [3.63, 3.8) is 0 Å². The number of pyridine rings is 1. The Morgan fingerprint density at radius 2 is 2.21 bits per heavy atom. The maximum absolute atomic E-state index is 11.9. The zero-order valence-corrected chi connectivity index (χ0v) is 11.4. The molecule has 0 atom stereocenters. The summed E-state index contributed by atoms with van der Waals surface area (Å²) in [7, 11) is 0. The van der Waals surface area contributed by atoms with Gasteiger partial charge in [-0.2, -0.15) is 0 Å². The first-order valence-corrected chi connectivity index (χ1v) is 6.48. The fourth-order valence-electron chi connectivity index (χ4n) is 1.81. The number of nitrogens with zero attached hydrogens (tertiary/aromatic N) is 1. The Balaban J connectivity index is 1.90. The van der Waals surface area contributed by atoms with Crippen LogP contribution >= 0.6 is 11.6 Å². The number of hydrogen-bond donors (Lipinski definition) is 1. The molecule has 0 aliphatic heterocycles. The van der Waals surface area contributed by atoms with Gasteiger partial charge in [-0.15, -0.1) is 0 Å². The van der Waals surface area contributed by atoms with Gasteiger partial charge in [0, 0.05) is 24.0 Å². The van der Waals surface area contributed by atoms with E-state index < -0.39 is 0 Å². The lowest BCUT2D eigenvalue weighted by atomic mass is 10.1. The molecule has 0 radical (unpaired) electrons. The Morgan fingerprint density at radius 1 is 1.37 bits per heavy atom. The predicted octanol–water partition coefficient (Wildman–Crippen LogP) is 3.02. The average molecular weight is 275 g/mol. The van der Waals surface area contributed by atoms with Gasteiger partial charge in [-0.05, 0) is 42.7 Å². The minimum Gasteiger partial charge on any atom is -0.352 e. The summed E-state index contributed by atoms with van der Waals surface area (Å²) in [6.45, 7) is 2.47. The molecule has 98 valence electrons. The van der Waals surface area contributed by atoms with E-state index in [0.717, 1.165) is 17.5 Å². The Labute approximate surface area is 117 Å². The minimum absolute atomic E-state index is 0.0902. The number of nitrogens with one attached hydrogen (secondary N) is 1. The third kappa shape index (κ3) is 3.80. The molecule has 4 heteroatoms. The number of carbonyl (C=O) groups excluding carboxylic acids is 1. The molecule has 2 aromatic rings. The van der Waals surface area contributed by atoms with Crippen LogP contribution in [-0.2, 0) is 6.42 Å². The topological polar surface area (TPSA) is 42.0 Å². The predicted molar refractivity (Wildman–Crippen MR) is 76.5 cm³/mol. The fourth-order valence-corrected chi connectivity index (χ4v) is 2.02. The zero-order valence-electron chi connectivity index (χ0n) is 10.7. The van der Waals surface area contributed by atoms with E-state index in [1.165, 1.54) is 0 Å². The summed E-state index contributed by atoms with van der Waals surface area (Å²) in [5.41, 5.74) is 2.65. The van der Waals surface area contributed by atoms with E-state index in [2.05, 4.69) is 10.3 Å². The van der Waals surface area contributed by atoms with Crippen LogP contribution in [0.2, 0.25) is 5.02 Å². The summed E-state index contributed by atoms with van der Waals surface area (Å²) in [5.74, 6) is -0.0902. The Kier molecular flexibility index (Phi) is 4.53. The average Bonchev–Trinajstić information content (AvgIpc) is 2.39. The van der Waals surface area contributed by atoms with Crippen LogP contribution in [0.25, 0.3) is 0 Å². The van der Waals surface area contributed by atoms with Crippen molar-refractivity contribution in [3.8, 4) is 0 Å². The molecule has 0 unspecified atom stereocenters. The maximum atomic E-state index is 11.9. The quantitative estimate of drug-likeness (QED) is 0.931. The second-order valence-corrected chi connectivity index (χ2v) is 4.76. The van der Waals surface area contributed by atoms with E-state index in [0.29, 0.717) is 17.1 Å². The van der Waals surface area contributed by atoms with Crippen LogP contribution < -0.4 is 5.32 Å². The van der Waals surface area contributed by atoms with Gasteiger partial charge >= 0.3 is 0 Å². The molecule has 2 rings (SSSR count). The number of amides is 1. The second kappa shape index (κ2) is 6.34. The molecular weight excluding hydrogens is 260 g/mol. The van der Waals surface area contributed by atoms with Crippen LogP contribution in [0.3, 0.4) is 0 Å². The summed E-state index contributed by atoms with van der Waals surface area (Å²) in [6.07, 6.45) is 4.02. The van der Waals surface area contributed by atoms with E-state index in [9.17, 15) is 4.79 Å². The summed E-state index contributed by atoms with van der Waals surface area (Å²) < 4.78 is 0. The van der Waals surface area contributed by atoms with Crippen molar-refractivity contribution in [1.82, 2.24) is 10.3 Å². The first kappa shape index (κ1) is 13.6. The lowest BCUT2D eigenvalue weighted by Crippen LogP contribution is -2.26. The molecular formula is C15H15ClN2O. The number of aromatic nitrogens is 1. The SMILES string of the molecule is Cc1ccncc1C(=O)NCCc1cccc(Cl)c1.